The van der Waals surface area contributed by atoms with Gasteiger partial charge in [0, 0.05) is 6.07 Å². The standard InChI is InChI=1S/C32H45FO3/c1-3-5-7-12-25-13-9-10-14-26(25)16-11-23-35-29-20-18-28(19-21-29)32(34)36-30-22-17-27(31(33)24-30)15-8-6-4-2/h17-22,24-26H,3-16,23H2,1-2H3. The molecule has 0 heterocycles. The summed E-state index contributed by atoms with van der Waals surface area (Å²) >= 11 is 0. The van der Waals surface area contributed by atoms with Crippen molar-refractivity contribution < 1.29 is 18.7 Å². The molecule has 0 N–H and O–H groups in total. The highest BCUT2D eigenvalue weighted by atomic mass is 19.1. The van der Waals surface area contributed by atoms with Crippen LogP contribution < -0.4 is 9.47 Å². The summed E-state index contributed by atoms with van der Waals surface area (Å²) in [5.41, 5.74) is 1.09. The molecule has 2 aromatic carbocycles. The molecule has 0 aliphatic heterocycles. The van der Waals surface area contributed by atoms with Gasteiger partial charge in [0.05, 0.1) is 12.2 Å². The number of carbonyl (C=O) groups is 1. The van der Waals surface area contributed by atoms with Gasteiger partial charge in [0.2, 0.25) is 0 Å². The molecule has 0 spiro atoms. The molecule has 1 aliphatic rings. The molecule has 3 rings (SSSR count). The third-order valence-corrected chi connectivity index (χ3v) is 7.61. The lowest BCUT2D eigenvalue weighted by Gasteiger charge is -2.31. The lowest BCUT2D eigenvalue weighted by atomic mass is 9.74. The number of carbonyl (C=O) groups excluding carboxylic acids is 1. The molecule has 2 aromatic rings. The van der Waals surface area contributed by atoms with Crippen LogP contribution in [-0.4, -0.2) is 12.6 Å². The lowest BCUT2D eigenvalue weighted by molar-refractivity contribution is 0.0734. The summed E-state index contributed by atoms with van der Waals surface area (Å²) < 4.78 is 25.7. The number of aryl methyl sites for hydroxylation is 1. The number of benzene rings is 2. The van der Waals surface area contributed by atoms with E-state index in [-0.39, 0.29) is 11.6 Å². The molecule has 1 aliphatic carbocycles. The maximum atomic E-state index is 14.3. The first-order valence-corrected chi connectivity index (χ1v) is 14.3. The SMILES string of the molecule is CCCCCc1ccc(OC(=O)c2ccc(OCCCC3CCCCC3CCCCC)cc2)cc1F. The van der Waals surface area contributed by atoms with Gasteiger partial charge in [-0.1, -0.05) is 84.1 Å². The van der Waals surface area contributed by atoms with E-state index in [9.17, 15) is 9.18 Å². The van der Waals surface area contributed by atoms with Crippen molar-refractivity contribution in [2.45, 2.75) is 104 Å². The minimum absolute atomic E-state index is 0.229. The van der Waals surface area contributed by atoms with E-state index in [1.807, 2.05) is 12.1 Å². The number of unbranched alkanes of at least 4 members (excludes halogenated alkanes) is 4. The van der Waals surface area contributed by atoms with E-state index in [0.29, 0.717) is 24.2 Å². The van der Waals surface area contributed by atoms with E-state index in [0.717, 1.165) is 43.3 Å². The van der Waals surface area contributed by atoms with Gasteiger partial charge in [0.1, 0.15) is 17.3 Å². The summed E-state index contributed by atoms with van der Waals surface area (Å²) in [4.78, 5) is 12.5. The van der Waals surface area contributed by atoms with Gasteiger partial charge in [0.15, 0.2) is 0 Å². The summed E-state index contributed by atoms with van der Waals surface area (Å²) in [6.07, 6.45) is 17.1. The van der Waals surface area contributed by atoms with Gasteiger partial charge in [-0.2, -0.15) is 0 Å². The minimum Gasteiger partial charge on any atom is -0.494 e. The van der Waals surface area contributed by atoms with E-state index < -0.39 is 5.97 Å². The van der Waals surface area contributed by atoms with Crippen LogP contribution in [-0.2, 0) is 6.42 Å². The average molecular weight is 497 g/mol. The Kier molecular flexibility index (Phi) is 12.3. The predicted molar refractivity (Wildman–Crippen MR) is 145 cm³/mol. The van der Waals surface area contributed by atoms with Gasteiger partial charge in [-0.25, -0.2) is 9.18 Å². The molecule has 0 aromatic heterocycles. The van der Waals surface area contributed by atoms with Crippen molar-refractivity contribution in [2.75, 3.05) is 6.61 Å². The second-order valence-corrected chi connectivity index (χ2v) is 10.4. The van der Waals surface area contributed by atoms with Crippen molar-refractivity contribution in [3.63, 3.8) is 0 Å². The van der Waals surface area contributed by atoms with Crippen LogP contribution in [0.4, 0.5) is 4.39 Å². The predicted octanol–water partition coefficient (Wildman–Crippen LogP) is 9.32. The molecule has 2 atom stereocenters. The third-order valence-electron chi connectivity index (χ3n) is 7.61. The second kappa shape index (κ2) is 15.7. The van der Waals surface area contributed by atoms with Gasteiger partial charge < -0.3 is 9.47 Å². The van der Waals surface area contributed by atoms with Gasteiger partial charge in [-0.3, -0.25) is 0 Å². The van der Waals surface area contributed by atoms with Gasteiger partial charge in [-0.05, 0) is 73.4 Å². The van der Waals surface area contributed by atoms with Crippen LogP contribution in [0.1, 0.15) is 113 Å². The number of ether oxygens (including phenoxy) is 2. The van der Waals surface area contributed by atoms with E-state index in [4.69, 9.17) is 9.47 Å². The van der Waals surface area contributed by atoms with Crippen LogP contribution in [0.5, 0.6) is 11.5 Å². The largest absolute Gasteiger partial charge is 0.494 e. The Morgan fingerprint density at radius 2 is 1.47 bits per heavy atom. The van der Waals surface area contributed by atoms with Crippen LogP contribution in [0.2, 0.25) is 0 Å². The van der Waals surface area contributed by atoms with E-state index in [1.54, 1.807) is 24.3 Å². The zero-order valence-electron chi connectivity index (χ0n) is 22.4. The van der Waals surface area contributed by atoms with E-state index >= 15 is 0 Å². The van der Waals surface area contributed by atoms with E-state index in [1.165, 1.54) is 63.9 Å². The molecule has 2 unspecified atom stereocenters. The molecule has 0 saturated heterocycles. The maximum Gasteiger partial charge on any atom is 0.343 e. The Balaban J connectivity index is 1.41. The van der Waals surface area contributed by atoms with Crippen molar-refractivity contribution >= 4 is 5.97 Å². The van der Waals surface area contributed by atoms with Crippen molar-refractivity contribution in [1.82, 2.24) is 0 Å². The van der Waals surface area contributed by atoms with Crippen LogP contribution >= 0.6 is 0 Å². The summed E-state index contributed by atoms with van der Waals surface area (Å²) in [5, 5.41) is 0. The molecular weight excluding hydrogens is 451 g/mol. The quantitative estimate of drug-likeness (QED) is 0.140. The Labute approximate surface area is 217 Å². The highest BCUT2D eigenvalue weighted by Gasteiger charge is 2.24. The molecule has 4 heteroatoms. The first-order valence-electron chi connectivity index (χ1n) is 14.3. The monoisotopic (exact) mass is 496 g/mol. The fourth-order valence-corrected chi connectivity index (χ4v) is 5.45. The highest BCUT2D eigenvalue weighted by Crippen LogP contribution is 2.36. The van der Waals surface area contributed by atoms with Gasteiger partial charge >= 0.3 is 5.97 Å². The molecule has 3 nitrogen and oxygen atoms in total. The first-order chi connectivity index (χ1) is 17.6. The number of hydrogen-bond acceptors (Lipinski definition) is 3. The summed E-state index contributed by atoms with van der Waals surface area (Å²) in [6.45, 7) is 5.10. The summed E-state index contributed by atoms with van der Waals surface area (Å²) in [6, 6.07) is 11.7. The fraction of sp³-hybridized carbons (Fsp3) is 0.594. The molecule has 0 amide bonds. The third kappa shape index (κ3) is 9.26. The van der Waals surface area contributed by atoms with Crippen LogP contribution in [0.3, 0.4) is 0 Å². The molecule has 1 fully saturated rings. The van der Waals surface area contributed by atoms with Crippen molar-refractivity contribution in [1.29, 1.82) is 0 Å². The number of halogens is 1. The second-order valence-electron chi connectivity index (χ2n) is 10.4. The Morgan fingerprint density at radius 1 is 0.833 bits per heavy atom. The zero-order valence-corrected chi connectivity index (χ0v) is 22.4. The lowest BCUT2D eigenvalue weighted by Crippen LogP contribution is -2.20. The number of hydrogen-bond donors (Lipinski definition) is 0. The molecule has 36 heavy (non-hydrogen) atoms. The minimum atomic E-state index is -0.494. The number of rotatable bonds is 15. The van der Waals surface area contributed by atoms with Gasteiger partial charge in [-0.15, -0.1) is 0 Å². The molecule has 0 bridgehead atoms. The smallest absolute Gasteiger partial charge is 0.343 e. The summed E-state index contributed by atoms with van der Waals surface area (Å²) in [7, 11) is 0. The van der Waals surface area contributed by atoms with Crippen molar-refractivity contribution in [3.05, 3.63) is 59.4 Å². The molecule has 198 valence electrons. The maximum absolute atomic E-state index is 14.3. The van der Waals surface area contributed by atoms with Crippen LogP contribution in [0, 0.1) is 17.7 Å². The Morgan fingerprint density at radius 3 is 2.14 bits per heavy atom. The van der Waals surface area contributed by atoms with Crippen molar-refractivity contribution in [3.8, 4) is 11.5 Å². The van der Waals surface area contributed by atoms with Gasteiger partial charge in [0.25, 0.3) is 0 Å². The highest BCUT2D eigenvalue weighted by molar-refractivity contribution is 5.91. The topological polar surface area (TPSA) is 35.5 Å². The average Bonchev–Trinajstić information content (AvgIpc) is 2.89. The van der Waals surface area contributed by atoms with E-state index in [2.05, 4.69) is 13.8 Å². The Hall–Kier alpha value is -2.36. The normalized spacial score (nSPS) is 17.6. The molecule has 0 radical (unpaired) electrons. The van der Waals surface area contributed by atoms with Crippen molar-refractivity contribution in [2.24, 2.45) is 11.8 Å². The molecule has 1 saturated carbocycles. The number of esters is 1. The zero-order chi connectivity index (χ0) is 25.6. The fourth-order valence-electron chi connectivity index (χ4n) is 5.45. The molecular formula is C32H45FO3. The van der Waals surface area contributed by atoms with Crippen LogP contribution in [0.15, 0.2) is 42.5 Å². The van der Waals surface area contributed by atoms with Crippen LogP contribution in [0.25, 0.3) is 0 Å². The first kappa shape index (κ1) is 28.2. The Bertz CT molecular complexity index is 908. The summed E-state index contributed by atoms with van der Waals surface area (Å²) in [5.74, 6) is 1.93.